The van der Waals surface area contributed by atoms with Crippen molar-refractivity contribution in [3.8, 4) is 22.9 Å². The van der Waals surface area contributed by atoms with Crippen molar-refractivity contribution in [3.63, 3.8) is 0 Å². The topological polar surface area (TPSA) is 44.2 Å². The lowest BCUT2D eigenvalue weighted by molar-refractivity contribution is 0.392. The van der Waals surface area contributed by atoms with Crippen LogP contribution in [0.5, 0.6) is 11.6 Å². The monoisotopic (exact) mass is 216 g/mol. The van der Waals surface area contributed by atoms with Gasteiger partial charge in [0.05, 0.1) is 19.9 Å². The molecule has 0 atom stereocenters. The van der Waals surface area contributed by atoms with Crippen LogP contribution in [-0.2, 0) is 0 Å². The summed E-state index contributed by atoms with van der Waals surface area (Å²) in [4.78, 5) is 0. The third-order valence-electron chi connectivity index (χ3n) is 2.23. The van der Waals surface area contributed by atoms with Gasteiger partial charge in [-0.15, -0.1) is 10.2 Å². The summed E-state index contributed by atoms with van der Waals surface area (Å²) in [6, 6.07) is 11.3. The van der Waals surface area contributed by atoms with Crippen LogP contribution in [0.4, 0.5) is 0 Å². The zero-order valence-corrected chi connectivity index (χ0v) is 9.18. The van der Waals surface area contributed by atoms with Gasteiger partial charge in [-0.2, -0.15) is 0 Å². The first-order valence-corrected chi connectivity index (χ1v) is 4.85. The number of nitrogens with zero attached hydrogens (tertiary/aromatic N) is 2. The average molecular weight is 216 g/mol. The van der Waals surface area contributed by atoms with E-state index in [1.807, 2.05) is 30.3 Å². The largest absolute Gasteiger partial charge is 0.497 e. The fourth-order valence-corrected chi connectivity index (χ4v) is 1.34. The standard InChI is InChI=1S/C12H12N2O2/c1-15-10-5-3-9(4-6-10)11-7-8-12(16-2)14-13-11/h3-8H,1-2H3. The van der Waals surface area contributed by atoms with Gasteiger partial charge in [-0.3, -0.25) is 0 Å². The van der Waals surface area contributed by atoms with Gasteiger partial charge in [0.2, 0.25) is 5.88 Å². The van der Waals surface area contributed by atoms with Gasteiger partial charge in [-0.1, -0.05) is 0 Å². The molecule has 0 aliphatic heterocycles. The molecule has 0 aliphatic rings. The van der Waals surface area contributed by atoms with Crippen LogP contribution in [0.2, 0.25) is 0 Å². The molecule has 0 N–H and O–H groups in total. The van der Waals surface area contributed by atoms with E-state index in [2.05, 4.69) is 10.2 Å². The van der Waals surface area contributed by atoms with Crippen LogP contribution in [0.25, 0.3) is 11.3 Å². The lowest BCUT2D eigenvalue weighted by atomic mass is 10.1. The van der Waals surface area contributed by atoms with Gasteiger partial charge in [0.25, 0.3) is 0 Å². The minimum Gasteiger partial charge on any atom is -0.497 e. The van der Waals surface area contributed by atoms with Crippen molar-refractivity contribution in [1.29, 1.82) is 0 Å². The van der Waals surface area contributed by atoms with E-state index in [1.165, 1.54) is 0 Å². The van der Waals surface area contributed by atoms with Crippen molar-refractivity contribution >= 4 is 0 Å². The smallest absolute Gasteiger partial charge is 0.233 e. The molecule has 4 heteroatoms. The average Bonchev–Trinajstić information content (AvgIpc) is 2.39. The van der Waals surface area contributed by atoms with E-state index >= 15 is 0 Å². The van der Waals surface area contributed by atoms with E-state index in [1.54, 1.807) is 20.3 Å². The third kappa shape index (κ3) is 2.11. The number of hydrogen-bond donors (Lipinski definition) is 0. The molecule has 2 rings (SSSR count). The third-order valence-corrected chi connectivity index (χ3v) is 2.23. The highest BCUT2D eigenvalue weighted by atomic mass is 16.5. The molecule has 0 radical (unpaired) electrons. The van der Waals surface area contributed by atoms with Crippen molar-refractivity contribution in [3.05, 3.63) is 36.4 Å². The van der Waals surface area contributed by atoms with Gasteiger partial charge < -0.3 is 9.47 Å². The van der Waals surface area contributed by atoms with Crippen LogP contribution >= 0.6 is 0 Å². The molecule has 0 aliphatic carbocycles. The van der Waals surface area contributed by atoms with Crippen molar-refractivity contribution in [2.75, 3.05) is 14.2 Å². The molecule has 0 unspecified atom stereocenters. The molecule has 82 valence electrons. The van der Waals surface area contributed by atoms with Crippen LogP contribution in [0.1, 0.15) is 0 Å². The van der Waals surface area contributed by atoms with Crippen molar-refractivity contribution in [1.82, 2.24) is 10.2 Å². The summed E-state index contributed by atoms with van der Waals surface area (Å²) in [5, 5.41) is 7.97. The molecule has 0 saturated carbocycles. The van der Waals surface area contributed by atoms with Crippen molar-refractivity contribution < 1.29 is 9.47 Å². The molecular weight excluding hydrogens is 204 g/mol. The van der Waals surface area contributed by atoms with Crippen LogP contribution in [-0.4, -0.2) is 24.4 Å². The first-order chi connectivity index (χ1) is 7.83. The normalized spacial score (nSPS) is 9.88. The Morgan fingerprint density at radius 3 is 2.06 bits per heavy atom. The maximum absolute atomic E-state index is 5.09. The molecular formula is C12H12N2O2. The van der Waals surface area contributed by atoms with Gasteiger partial charge >= 0.3 is 0 Å². The predicted octanol–water partition coefficient (Wildman–Crippen LogP) is 2.16. The molecule has 2 aromatic rings. The number of hydrogen-bond acceptors (Lipinski definition) is 4. The molecule has 0 spiro atoms. The van der Waals surface area contributed by atoms with Gasteiger partial charge in [0.15, 0.2) is 0 Å². The Bertz CT molecular complexity index is 406. The number of aromatic nitrogens is 2. The summed E-state index contributed by atoms with van der Waals surface area (Å²) >= 11 is 0. The molecule has 0 fully saturated rings. The number of ether oxygens (including phenoxy) is 2. The number of rotatable bonds is 3. The molecule has 1 heterocycles. The summed E-state index contributed by atoms with van der Waals surface area (Å²) < 4.78 is 10.0. The van der Waals surface area contributed by atoms with Crippen LogP contribution in [0.3, 0.4) is 0 Å². The van der Waals surface area contributed by atoms with Crippen LogP contribution in [0, 0.1) is 0 Å². The van der Waals surface area contributed by atoms with Crippen molar-refractivity contribution in [2.45, 2.75) is 0 Å². The Hall–Kier alpha value is -2.10. The van der Waals surface area contributed by atoms with Gasteiger partial charge in [-0.05, 0) is 30.3 Å². The van der Waals surface area contributed by atoms with Crippen molar-refractivity contribution in [2.24, 2.45) is 0 Å². The SMILES string of the molecule is COc1ccc(-c2ccc(OC)nn2)cc1. The second-order valence-electron chi connectivity index (χ2n) is 3.19. The summed E-state index contributed by atoms with van der Waals surface area (Å²) in [7, 11) is 3.21. The van der Waals surface area contributed by atoms with E-state index in [0.717, 1.165) is 17.0 Å². The summed E-state index contributed by atoms with van der Waals surface area (Å²) in [5.41, 5.74) is 1.81. The van der Waals surface area contributed by atoms with Gasteiger partial charge in [0.1, 0.15) is 5.75 Å². The van der Waals surface area contributed by atoms with Crippen LogP contribution in [0.15, 0.2) is 36.4 Å². The summed E-state index contributed by atoms with van der Waals surface area (Å²) in [6.07, 6.45) is 0. The van der Waals surface area contributed by atoms with Crippen LogP contribution < -0.4 is 9.47 Å². The van der Waals surface area contributed by atoms with E-state index < -0.39 is 0 Å². The minimum absolute atomic E-state index is 0.511. The molecule has 1 aromatic carbocycles. The Morgan fingerprint density at radius 1 is 0.812 bits per heavy atom. The zero-order valence-electron chi connectivity index (χ0n) is 9.18. The highest BCUT2D eigenvalue weighted by Crippen LogP contribution is 2.20. The highest BCUT2D eigenvalue weighted by Gasteiger charge is 2.01. The Morgan fingerprint density at radius 2 is 1.56 bits per heavy atom. The van der Waals surface area contributed by atoms with Gasteiger partial charge in [0, 0.05) is 11.6 Å². The molecule has 0 bridgehead atoms. The summed E-state index contributed by atoms with van der Waals surface area (Å²) in [6.45, 7) is 0. The highest BCUT2D eigenvalue weighted by molar-refractivity contribution is 5.59. The molecule has 0 saturated heterocycles. The fourth-order valence-electron chi connectivity index (χ4n) is 1.34. The summed E-state index contributed by atoms with van der Waals surface area (Å²) in [5.74, 6) is 1.34. The molecule has 0 amide bonds. The number of benzene rings is 1. The first kappa shape index (κ1) is 10.4. The second kappa shape index (κ2) is 4.61. The van der Waals surface area contributed by atoms with E-state index in [9.17, 15) is 0 Å². The molecule has 4 nitrogen and oxygen atoms in total. The quantitative estimate of drug-likeness (QED) is 0.788. The predicted molar refractivity (Wildman–Crippen MR) is 60.6 cm³/mol. The lowest BCUT2D eigenvalue weighted by Gasteiger charge is -2.03. The van der Waals surface area contributed by atoms with E-state index in [-0.39, 0.29) is 0 Å². The van der Waals surface area contributed by atoms with Gasteiger partial charge in [-0.25, -0.2) is 0 Å². The molecule has 16 heavy (non-hydrogen) atoms. The Balaban J connectivity index is 2.28. The Kier molecular flexibility index (Phi) is 3.00. The van der Waals surface area contributed by atoms with E-state index in [4.69, 9.17) is 9.47 Å². The van der Waals surface area contributed by atoms with E-state index in [0.29, 0.717) is 5.88 Å². The maximum atomic E-state index is 5.09. The minimum atomic E-state index is 0.511. The first-order valence-electron chi connectivity index (χ1n) is 4.85. The second-order valence-corrected chi connectivity index (χ2v) is 3.19. The molecule has 1 aromatic heterocycles. The number of methoxy groups -OCH3 is 2. The zero-order chi connectivity index (χ0) is 11.4. The maximum Gasteiger partial charge on any atom is 0.233 e. The Labute approximate surface area is 93.9 Å². The fraction of sp³-hybridized carbons (Fsp3) is 0.167. The lowest BCUT2D eigenvalue weighted by Crippen LogP contribution is -1.92.